The fourth-order valence-electron chi connectivity index (χ4n) is 4.06. The van der Waals surface area contributed by atoms with Gasteiger partial charge >= 0.3 is 0 Å². The van der Waals surface area contributed by atoms with Crippen LogP contribution in [0.2, 0.25) is 0 Å². The average molecular weight is 352 g/mol. The molecule has 1 amide bonds. The predicted molar refractivity (Wildman–Crippen MR) is 98.2 cm³/mol. The number of carbonyl (C=O) groups excluding carboxylic acids is 1. The number of amides is 1. The van der Waals surface area contributed by atoms with E-state index < -0.39 is 0 Å². The van der Waals surface area contributed by atoms with Gasteiger partial charge in [-0.25, -0.2) is 0 Å². The Bertz CT molecular complexity index is 800. The summed E-state index contributed by atoms with van der Waals surface area (Å²) in [6.45, 7) is 0. The fourth-order valence-corrected chi connectivity index (χ4v) is 4.06. The molecule has 5 heteroatoms. The third-order valence-electron chi connectivity index (χ3n) is 5.57. The highest BCUT2D eigenvalue weighted by Crippen LogP contribution is 2.38. The van der Waals surface area contributed by atoms with Crippen LogP contribution in [0.4, 0.5) is 0 Å². The first-order valence-electron chi connectivity index (χ1n) is 9.25. The quantitative estimate of drug-likeness (QED) is 0.868. The third kappa shape index (κ3) is 3.19. The summed E-state index contributed by atoms with van der Waals surface area (Å²) in [6.07, 6.45) is 6.01. The van der Waals surface area contributed by atoms with Crippen LogP contribution in [0.25, 0.3) is 0 Å². The first kappa shape index (κ1) is 17.0. The van der Waals surface area contributed by atoms with Gasteiger partial charge < -0.3 is 15.2 Å². The van der Waals surface area contributed by atoms with Crippen LogP contribution in [0.1, 0.15) is 52.5 Å². The molecule has 0 bridgehead atoms. The van der Waals surface area contributed by atoms with E-state index in [1.165, 1.54) is 11.1 Å². The molecule has 4 rings (SSSR count). The average Bonchev–Trinajstić information content (AvgIpc) is 3.10. The Balaban J connectivity index is 1.61. The highest BCUT2D eigenvalue weighted by atomic mass is 16.5. The zero-order valence-corrected chi connectivity index (χ0v) is 14.9. The van der Waals surface area contributed by atoms with Crippen LogP contribution in [0.3, 0.4) is 0 Å². The number of aliphatic hydroxyl groups excluding tert-OH is 1. The molecular formula is C21H24N2O3. The van der Waals surface area contributed by atoms with Crippen molar-refractivity contribution in [3.05, 3.63) is 58.9 Å². The van der Waals surface area contributed by atoms with E-state index in [1.54, 1.807) is 13.3 Å². The minimum absolute atomic E-state index is 0.145. The maximum absolute atomic E-state index is 13.1. The number of aromatic nitrogens is 1. The largest absolute Gasteiger partial charge is 0.496 e. The van der Waals surface area contributed by atoms with Crippen molar-refractivity contribution >= 4 is 5.91 Å². The lowest BCUT2D eigenvalue weighted by molar-refractivity contribution is 0.0228. The number of ether oxygens (including phenoxy) is 1. The summed E-state index contributed by atoms with van der Waals surface area (Å²) < 4.78 is 5.48. The first-order valence-corrected chi connectivity index (χ1v) is 9.25. The Labute approximate surface area is 153 Å². The molecule has 2 aromatic rings. The number of aliphatic hydroxyl groups is 1. The van der Waals surface area contributed by atoms with Crippen molar-refractivity contribution < 1.29 is 14.6 Å². The number of nitrogens with zero attached hydrogens (tertiary/aromatic N) is 1. The molecular weight excluding hydrogens is 328 g/mol. The lowest BCUT2D eigenvalue weighted by Crippen LogP contribution is -2.41. The third-order valence-corrected chi connectivity index (χ3v) is 5.57. The smallest absolute Gasteiger partial charge is 0.255 e. The van der Waals surface area contributed by atoms with Crippen molar-refractivity contribution in [2.75, 3.05) is 7.11 Å². The predicted octanol–water partition coefficient (Wildman–Crippen LogP) is 2.82. The van der Waals surface area contributed by atoms with E-state index in [2.05, 4.69) is 10.3 Å². The van der Waals surface area contributed by atoms with Crippen LogP contribution in [0.5, 0.6) is 5.75 Å². The van der Waals surface area contributed by atoms with E-state index in [0.29, 0.717) is 24.2 Å². The molecule has 1 saturated carbocycles. The maximum Gasteiger partial charge on any atom is 0.255 e. The Hall–Kier alpha value is -2.40. The van der Waals surface area contributed by atoms with Crippen LogP contribution < -0.4 is 10.1 Å². The standard InChI is InChI=1S/C21H24N2O3/c1-26-19-12-14-6-4-5-13(14)11-17(19)21(25)23-20(15-9-16(24)10-15)18-7-2-3-8-22-18/h2-3,7-8,11-12,15-16,20,24H,4-6,9-10H2,1H3,(H,23,25)/t15?,16?,20-/m0/s1. The number of hydrogen-bond acceptors (Lipinski definition) is 4. The molecule has 5 nitrogen and oxygen atoms in total. The molecule has 1 aromatic carbocycles. The number of aryl methyl sites for hydroxylation is 2. The fraction of sp³-hybridized carbons (Fsp3) is 0.429. The van der Waals surface area contributed by atoms with Crippen LogP contribution in [0.15, 0.2) is 36.5 Å². The van der Waals surface area contributed by atoms with Gasteiger partial charge in [0.2, 0.25) is 0 Å². The minimum Gasteiger partial charge on any atom is -0.496 e. The van der Waals surface area contributed by atoms with Crippen LogP contribution in [-0.4, -0.2) is 29.2 Å². The van der Waals surface area contributed by atoms with E-state index in [0.717, 1.165) is 25.0 Å². The number of pyridine rings is 1. The van der Waals surface area contributed by atoms with Crippen molar-refractivity contribution in [2.45, 2.75) is 44.2 Å². The number of rotatable bonds is 5. The number of hydrogen-bond donors (Lipinski definition) is 2. The Morgan fingerprint density at radius 1 is 1.27 bits per heavy atom. The van der Waals surface area contributed by atoms with Gasteiger partial charge in [0.25, 0.3) is 5.91 Å². The summed E-state index contributed by atoms with van der Waals surface area (Å²) in [5, 5.41) is 12.8. The molecule has 0 saturated heterocycles. The van der Waals surface area contributed by atoms with Crippen LogP contribution >= 0.6 is 0 Å². The zero-order chi connectivity index (χ0) is 18.1. The van der Waals surface area contributed by atoms with Crippen molar-refractivity contribution in [1.82, 2.24) is 10.3 Å². The lowest BCUT2D eigenvalue weighted by Gasteiger charge is -2.37. The molecule has 0 radical (unpaired) electrons. The van der Waals surface area contributed by atoms with Gasteiger partial charge in [0, 0.05) is 6.20 Å². The normalized spacial score (nSPS) is 22.2. The molecule has 26 heavy (non-hydrogen) atoms. The van der Waals surface area contributed by atoms with Crippen LogP contribution in [-0.2, 0) is 12.8 Å². The molecule has 0 spiro atoms. The molecule has 1 atom stereocenters. The monoisotopic (exact) mass is 352 g/mol. The topological polar surface area (TPSA) is 71.5 Å². The molecule has 1 fully saturated rings. The second kappa shape index (κ2) is 7.08. The molecule has 2 aliphatic rings. The molecule has 0 unspecified atom stereocenters. The number of benzene rings is 1. The Morgan fingerprint density at radius 3 is 2.69 bits per heavy atom. The van der Waals surface area contributed by atoms with Gasteiger partial charge in [-0.3, -0.25) is 9.78 Å². The molecule has 2 N–H and O–H groups in total. The van der Waals surface area contributed by atoms with Gasteiger partial charge in [-0.1, -0.05) is 6.07 Å². The Morgan fingerprint density at radius 2 is 2.04 bits per heavy atom. The van der Waals surface area contributed by atoms with Gasteiger partial charge in [0.05, 0.1) is 30.5 Å². The van der Waals surface area contributed by atoms with Crippen molar-refractivity contribution in [3.63, 3.8) is 0 Å². The Kier molecular flexibility index (Phi) is 4.64. The van der Waals surface area contributed by atoms with Crippen molar-refractivity contribution in [3.8, 4) is 5.75 Å². The zero-order valence-electron chi connectivity index (χ0n) is 14.9. The maximum atomic E-state index is 13.1. The summed E-state index contributed by atoms with van der Waals surface area (Å²) in [6, 6.07) is 9.48. The molecule has 1 aromatic heterocycles. The van der Waals surface area contributed by atoms with E-state index in [4.69, 9.17) is 4.74 Å². The summed E-state index contributed by atoms with van der Waals surface area (Å²) in [7, 11) is 1.60. The van der Waals surface area contributed by atoms with Gasteiger partial charge in [-0.2, -0.15) is 0 Å². The lowest BCUT2D eigenvalue weighted by atomic mass is 9.76. The van der Waals surface area contributed by atoms with E-state index in [1.807, 2.05) is 30.3 Å². The summed E-state index contributed by atoms with van der Waals surface area (Å²) in [5.41, 5.74) is 3.93. The highest BCUT2D eigenvalue weighted by Gasteiger charge is 2.36. The second-order valence-electron chi connectivity index (χ2n) is 7.27. The molecule has 136 valence electrons. The SMILES string of the molecule is COc1cc2c(cc1C(=O)N[C@H](c1ccccn1)C1CC(O)C1)CCC2. The molecule has 2 aliphatic carbocycles. The van der Waals surface area contributed by atoms with E-state index >= 15 is 0 Å². The number of nitrogens with one attached hydrogen (secondary N) is 1. The van der Waals surface area contributed by atoms with Crippen molar-refractivity contribution in [1.29, 1.82) is 0 Å². The second-order valence-corrected chi connectivity index (χ2v) is 7.27. The highest BCUT2D eigenvalue weighted by molar-refractivity contribution is 5.97. The first-order chi connectivity index (χ1) is 12.7. The molecule has 1 heterocycles. The van der Waals surface area contributed by atoms with Crippen molar-refractivity contribution in [2.24, 2.45) is 5.92 Å². The van der Waals surface area contributed by atoms with E-state index in [9.17, 15) is 9.90 Å². The van der Waals surface area contributed by atoms with Gasteiger partial charge in [-0.05, 0) is 73.4 Å². The van der Waals surface area contributed by atoms with Crippen LogP contribution in [0, 0.1) is 5.92 Å². The summed E-state index contributed by atoms with van der Waals surface area (Å²) in [4.78, 5) is 17.5. The van der Waals surface area contributed by atoms with E-state index in [-0.39, 0.29) is 24.0 Å². The van der Waals surface area contributed by atoms with Gasteiger partial charge in [0.15, 0.2) is 0 Å². The summed E-state index contributed by atoms with van der Waals surface area (Å²) in [5.74, 6) is 0.675. The van der Waals surface area contributed by atoms with Gasteiger partial charge in [-0.15, -0.1) is 0 Å². The number of methoxy groups -OCH3 is 1. The molecule has 0 aliphatic heterocycles. The number of carbonyl (C=O) groups is 1. The van der Waals surface area contributed by atoms with Gasteiger partial charge in [0.1, 0.15) is 5.75 Å². The number of fused-ring (bicyclic) bond motifs is 1. The minimum atomic E-state index is -0.280. The summed E-state index contributed by atoms with van der Waals surface area (Å²) >= 11 is 0.